The topological polar surface area (TPSA) is 26.0 Å². The molecule has 1 nitrogen and oxygen atoms in total. The Kier molecular flexibility index (Phi) is 4.22. The van der Waals surface area contributed by atoms with Gasteiger partial charge in [0, 0.05) is 12.5 Å². The molecule has 74 valence electrons. The molecule has 2 N–H and O–H groups in total. The van der Waals surface area contributed by atoms with Gasteiger partial charge in [-0.05, 0) is 25.8 Å². The van der Waals surface area contributed by atoms with Crippen molar-refractivity contribution in [2.45, 2.75) is 32.7 Å². The quantitative estimate of drug-likeness (QED) is 0.723. The summed E-state index contributed by atoms with van der Waals surface area (Å²) >= 11 is 0. The maximum Gasteiger partial charge on any atom is 0.0303 e. The van der Waals surface area contributed by atoms with Crippen LogP contribution in [0.5, 0.6) is 0 Å². The molecule has 0 amide bonds. The van der Waals surface area contributed by atoms with Crippen LogP contribution in [0.3, 0.4) is 0 Å². The van der Waals surface area contributed by atoms with Crippen LogP contribution in [-0.2, 0) is 0 Å². The van der Waals surface area contributed by atoms with Gasteiger partial charge in [0.25, 0.3) is 0 Å². The van der Waals surface area contributed by atoms with Gasteiger partial charge in [-0.2, -0.15) is 0 Å². The van der Waals surface area contributed by atoms with E-state index in [2.05, 4.69) is 43.0 Å². The largest absolute Gasteiger partial charge is 0.324 e. The summed E-state index contributed by atoms with van der Waals surface area (Å²) in [5.74, 6) is 5.91. The van der Waals surface area contributed by atoms with E-state index in [4.69, 9.17) is 5.73 Å². The van der Waals surface area contributed by atoms with Crippen LogP contribution in [0, 0.1) is 18.8 Å². The molecule has 0 saturated carbocycles. The van der Waals surface area contributed by atoms with Crippen molar-refractivity contribution < 1.29 is 0 Å². The highest BCUT2D eigenvalue weighted by molar-refractivity contribution is 5.23. The van der Waals surface area contributed by atoms with E-state index in [1.807, 2.05) is 6.92 Å². The first-order valence-corrected chi connectivity index (χ1v) is 4.96. The lowest BCUT2D eigenvalue weighted by Gasteiger charge is -2.10. The Hall–Kier alpha value is -1.26. The van der Waals surface area contributed by atoms with Crippen LogP contribution >= 0.6 is 0 Å². The smallest absolute Gasteiger partial charge is 0.0303 e. The number of aryl methyl sites for hydroxylation is 1. The Morgan fingerprint density at radius 3 is 2.50 bits per heavy atom. The van der Waals surface area contributed by atoms with Crippen LogP contribution in [0.25, 0.3) is 0 Å². The van der Waals surface area contributed by atoms with E-state index in [9.17, 15) is 0 Å². The molecule has 1 heteroatoms. The van der Waals surface area contributed by atoms with Crippen LogP contribution in [0.2, 0.25) is 0 Å². The van der Waals surface area contributed by atoms with Crippen molar-refractivity contribution in [1.29, 1.82) is 0 Å². The van der Waals surface area contributed by atoms with Crippen molar-refractivity contribution >= 4 is 0 Å². The molecule has 0 spiro atoms. The van der Waals surface area contributed by atoms with E-state index < -0.39 is 0 Å². The van der Waals surface area contributed by atoms with E-state index in [0.717, 1.165) is 12.8 Å². The second kappa shape index (κ2) is 5.47. The zero-order valence-electron chi connectivity index (χ0n) is 8.88. The van der Waals surface area contributed by atoms with Crippen LogP contribution in [0.1, 0.15) is 36.9 Å². The van der Waals surface area contributed by atoms with Gasteiger partial charge in [0.2, 0.25) is 0 Å². The van der Waals surface area contributed by atoms with Crippen molar-refractivity contribution in [2.75, 3.05) is 0 Å². The molecule has 1 atom stereocenters. The summed E-state index contributed by atoms with van der Waals surface area (Å²) in [4.78, 5) is 0. The van der Waals surface area contributed by atoms with Crippen LogP contribution in [0.4, 0.5) is 0 Å². The fourth-order valence-corrected chi connectivity index (χ4v) is 1.33. The third-order valence-electron chi connectivity index (χ3n) is 2.26. The summed E-state index contributed by atoms with van der Waals surface area (Å²) < 4.78 is 0. The van der Waals surface area contributed by atoms with E-state index in [0.29, 0.717) is 0 Å². The third-order valence-corrected chi connectivity index (χ3v) is 2.26. The molecule has 0 aliphatic carbocycles. The second-order valence-corrected chi connectivity index (χ2v) is 3.48. The first-order chi connectivity index (χ1) is 6.74. The number of hydrogen-bond donors (Lipinski definition) is 1. The number of nitrogens with two attached hydrogens (primary N) is 1. The normalized spacial score (nSPS) is 11.6. The van der Waals surface area contributed by atoms with Gasteiger partial charge in [0.05, 0.1) is 0 Å². The molecular weight excluding hydrogens is 170 g/mol. The summed E-state index contributed by atoms with van der Waals surface area (Å²) in [6.07, 6.45) is 1.81. The standard InChI is InChI=1S/C13H17N/c1-3-4-5-6-13(14)12-9-7-11(2)8-10-12/h7-10,13H,5-6,14H2,1-2H3. The zero-order valence-corrected chi connectivity index (χ0v) is 8.88. The molecule has 0 aliphatic rings. The number of rotatable bonds is 3. The average molecular weight is 187 g/mol. The van der Waals surface area contributed by atoms with Crippen molar-refractivity contribution in [2.24, 2.45) is 5.73 Å². The number of hydrogen-bond acceptors (Lipinski definition) is 1. The van der Waals surface area contributed by atoms with Gasteiger partial charge in [-0.25, -0.2) is 0 Å². The summed E-state index contributed by atoms with van der Waals surface area (Å²) in [5, 5.41) is 0. The summed E-state index contributed by atoms with van der Waals surface area (Å²) in [6, 6.07) is 8.51. The van der Waals surface area contributed by atoms with E-state index in [1.165, 1.54) is 11.1 Å². The Morgan fingerprint density at radius 2 is 1.93 bits per heavy atom. The fourth-order valence-electron chi connectivity index (χ4n) is 1.33. The van der Waals surface area contributed by atoms with E-state index in [-0.39, 0.29) is 6.04 Å². The van der Waals surface area contributed by atoms with Crippen molar-refractivity contribution in [1.82, 2.24) is 0 Å². The molecule has 0 heterocycles. The Bertz CT molecular complexity index is 326. The molecule has 0 radical (unpaired) electrons. The first-order valence-electron chi connectivity index (χ1n) is 4.96. The van der Waals surface area contributed by atoms with Crippen LogP contribution < -0.4 is 5.73 Å². The van der Waals surface area contributed by atoms with Gasteiger partial charge in [-0.1, -0.05) is 29.8 Å². The Morgan fingerprint density at radius 1 is 1.29 bits per heavy atom. The number of benzene rings is 1. The van der Waals surface area contributed by atoms with Crippen molar-refractivity contribution in [3.05, 3.63) is 35.4 Å². The predicted molar refractivity (Wildman–Crippen MR) is 60.8 cm³/mol. The van der Waals surface area contributed by atoms with Crippen molar-refractivity contribution in [3.63, 3.8) is 0 Å². The molecule has 0 bridgehead atoms. The minimum atomic E-state index is 0.122. The van der Waals surface area contributed by atoms with Gasteiger partial charge in [-0.3, -0.25) is 0 Å². The van der Waals surface area contributed by atoms with Crippen LogP contribution in [0.15, 0.2) is 24.3 Å². The molecule has 1 aromatic rings. The molecule has 1 rings (SSSR count). The fraction of sp³-hybridized carbons (Fsp3) is 0.385. The van der Waals surface area contributed by atoms with Gasteiger partial charge >= 0.3 is 0 Å². The monoisotopic (exact) mass is 187 g/mol. The lowest BCUT2D eigenvalue weighted by molar-refractivity contribution is 0.667. The maximum atomic E-state index is 6.02. The summed E-state index contributed by atoms with van der Waals surface area (Å²) in [6.45, 7) is 3.94. The molecule has 1 aromatic carbocycles. The summed E-state index contributed by atoms with van der Waals surface area (Å²) in [7, 11) is 0. The lowest BCUT2D eigenvalue weighted by atomic mass is 10.0. The predicted octanol–water partition coefficient (Wildman–Crippen LogP) is 2.80. The van der Waals surface area contributed by atoms with Gasteiger partial charge in [0.1, 0.15) is 0 Å². The minimum Gasteiger partial charge on any atom is -0.324 e. The third kappa shape index (κ3) is 3.24. The van der Waals surface area contributed by atoms with Gasteiger partial charge in [-0.15, -0.1) is 11.8 Å². The van der Waals surface area contributed by atoms with Crippen molar-refractivity contribution in [3.8, 4) is 11.8 Å². The van der Waals surface area contributed by atoms with E-state index in [1.54, 1.807) is 0 Å². The Labute approximate surface area is 86.3 Å². The molecule has 0 aliphatic heterocycles. The highest BCUT2D eigenvalue weighted by Crippen LogP contribution is 2.15. The lowest BCUT2D eigenvalue weighted by Crippen LogP contribution is -2.09. The minimum absolute atomic E-state index is 0.122. The van der Waals surface area contributed by atoms with E-state index >= 15 is 0 Å². The Balaban J connectivity index is 2.54. The maximum absolute atomic E-state index is 6.02. The zero-order chi connectivity index (χ0) is 10.4. The van der Waals surface area contributed by atoms with Gasteiger partial charge in [0.15, 0.2) is 0 Å². The molecule has 14 heavy (non-hydrogen) atoms. The average Bonchev–Trinajstić information content (AvgIpc) is 2.19. The molecular formula is C13H17N. The summed E-state index contributed by atoms with van der Waals surface area (Å²) in [5.41, 5.74) is 8.49. The molecule has 1 unspecified atom stereocenters. The first kappa shape index (κ1) is 10.8. The molecule has 0 saturated heterocycles. The highest BCUT2D eigenvalue weighted by atomic mass is 14.6. The van der Waals surface area contributed by atoms with Gasteiger partial charge < -0.3 is 5.73 Å². The highest BCUT2D eigenvalue weighted by Gasteiger charge is 2.03. The molecule has 0 fully saturated rings. The SMILES string of the molecule is CC#CCCC(N)c1ccc(C)cc1. The second-order valence-electron chi connectivity index (χ2n) is 3.48. The van der Waals surface area contributed by atoms with Crippen LogP contribution in [-0.4, -0.2) is 0 Å². The molecule has 0 aromatic heterocycles.